The van der Waals surface area contributed by atoms with Gasteiger partial charge in [-0.15, -0.1) is 0 Å². The van der Waals surface area contributed by atoms with Crippen molar-refractivity contribution < 1.29 is 33.3 Å². The molecule has 32 heavy (non-hydrogen) atoms. The summed E-state index contributed by atoms with van der Waals surface area (Å²) in [4.78, 5) is 17.8. The van der Waals surface area contributed by atoms with Crippen LogP contribution in [-0.2, 0) is 6.54 Å². The molecule has 2 aromatic heterocycles. The van der Waals surface area contributed by atoms with E-state index < -0.39 is 0 Å². The Balaban J connectivity index is 1.92. The summed E-state index contributed by atoms with van der Waals surface area (Å²) in [5.41, 5.74) is 0.778. The van der Waals surface area contributed by atoms with E-state index in [1.54, 1.807) is 47.6 Å². The standard InChI is InChI=1S/C23H22N2O7/c1-28-15-6-5-14-19(18(32-22(14)21(15)27)11-25-8-7-24-12-25)20(26)13-9-16(29-2)23(31-4)17(10-13)30-3/h5-10,12,27H,11H2,1-4H3. The molecular weight excluding hydrogens is 416 g/mol. The van der Waals surface area contributed by atoms with Crippen molar-refractivity contribution in [2.75, 3.05) is 28.4 Å². The fraction of sp³-hybridized carbons (Fsp3) is 0.217. The van der Waals surface area contributed by atoms with Crippen molar-refractivity contribution in [1.29, 1.82) is 0 Å². The first-order valence-electron chi connectivity index (χ1n) is 9.64. The number of phenols is 1. The quantitative estimate of drug-likeness (QED) is 0.416. The first-order valence-corrected chi connectivity index (χ1v) is 9.64. The second-order valence-electron chi connectivity index (χ2n) is 6.87. The van der Waals surface area contributed by atoms with E-state index in [2.05, 4.69) is 4.98 Å². The molecule has 4 rings (SSSR count). The first-order chi connectivity index (χ1) is 15.5. The van der Waals surface area contributed by atoms with Gasteiger partial charge in [0.1, 0.15) is 5.76 Å². The number of hydrogen-bond acceptors (Lipinski definition) is 8. The zero-order valence-corrected chi connectivity index (χ0v) is 18.0. The van der Waals surface area contributed by atoms with E-state index in [9.17, 15) is 9.90 Å². The van der Waals surface area contributed by atoms with Gasteiger partial charge >= 0.3 is 0 Å². The van der Waals surface area contributed by atoms with Crippen LogP contribution >= 0.6 is 0 Å². The summed E-state index contributed by atoms with van der Waals surface area (Å²) in [6.07, 6.45) is 4.99. The molecule has 0 radical (unpaired) electrons. The van der Waals surface area contributed by atoms with Crippen molar-refractivity contribution in [2.24, 2.45) is 0 Å². The van der Waals surface area contributed by atoms with Crippen LogP contribution in [0.4, 0.5) is 0 Å². The van der Waals surface area contributed by atoms with E-state index >= 15 is 0 Å². The third-order valence-electron chi connectivity index (χ3n) is 5.13. The molecule has 1 N–H and O–H groups in total. The Morgan fingerprint density at radius 1 is 1.03 bits per heavy atom. The largest absolute Gasteiger partial charge is 0.502 e. The number of rotatable bonds is 8. The van der Waals surface area contributed by atoms with Crippen LogP contribution < -0.4 is 18.9 Å². The molecule has 2 aromatic carbocycles. The lowest BCUT2D eigenvalue weighted by Crippen LogP contribution is -2.08. The highest BCUT2D eigenvalue weighted by molar-refractivity contribution is 6.18. The minimum absolute atomic E-state index is 0.162. The SMILES string of the molecule is COc1cc(C(=O)c2c(Cn3ccnc3)oc3c(O)c(OC)ccc23)cc(OC)c1OC. The summed E-state index contributed by atoms with van der Waals surface area (Å²) in [5, 5.41) is 11.0. The van der Waals surface area contributed by atoms with Gasteiger partial charge in [-0.3, -0.25) is 4.79 Å². The first kappa shape index (κ1) is 21.1. The predicted molar refractivity (Wildman–Crippen MR) is 115 cm³/mol. The number of aromatic nitrogens is 2. The van der Waals surface area contributed by atoms with Crippen LogP contribution in [0, 0.1) is 0 Å². The van der Waals surface area contributed by atoms with Crippen LogP contribution in [0.15, 0.2) is 47.4 Å². The van der Waals surface area contributed by atoms with Crippen molar-refractivity contribution in [2.45, 2.75) is 6.54 Å². The van der Waals surface area contributed by atoms with Crippen molar-refractivity contribution >= 4 is 16.8 Å². The topological polar surface area (TPSA) is 105 Å². The lowest BCUT2D eigenvalue weighted by molar-refractivity contribution is 0.103. The van der Waals surface area contributed by atoms with Crippen molar-refractivity contribution in [3.8, 4) is 28.7 Å². The number of imidazole rings is 1. The van der Waals surface area contributed by atoms with Crippen LogP contribution in [-0.4, -0.2) is 48.9 Å². The smallest absolute Gasteiger partial charge is 0.203 e. The monoisotopic (exact) mass is 438 g/mol. The van der Waals surface area contributed by atoms with Gasteiger partial charge in [-0.1, -0.05) is 0 Å². The second-order valence-corrected chi connectivity index (χ2v) is 6.87. The predicted octanol–water partition coefficient (Wildman–Crippen LogP) is 3.65. The van der Waals surface area contributed by atoms with Gasteiger partial charge in [-0.25, -0.2) is 4.98 Å². The minimum atomic E-state index is -0.331. The van der Waals surface area contributed by atoms with E-state index in [0.29, 0.717) is 39.5 Å². The Morgan fingerprint density at radius 2 is 1.72 bits per heavy atom. The van der Waals surface area contributed by atoms with Crippen molar-refractivity contribution in [1.82, 2.24) is 9.55 Å². The summed E-state index contributed by atoms with van der Waals surface area (Å²) in [6, 6.07) is 6.42. The second kappa shape index (κ2) is 8.54. The summed E-state index contributed by atoms with van der Waals surface area (Å²) < 4.78 is 29.0. The summed E-state index contributed by atoms with van der Waals surface area (Å²) >= 11 is 0. The molecule has 0 aliphatic heterocycles. The molecule has 0 saturated heterocycles. The van der Waals surface area contributed by atoms with Crippen molar-refractivity contribution in [3.05, 3.63) is 59.9 Å². The Morgan fingerprint density at radius 3 is 2.28 bits per heavy atom. The fourth-order valence-corrected chi connectivity index (χ4v) is 3.61. The number of ether oxygens (including phenoxy) is 4. The van der Waals surface area contributed by atoms with Gasteiger partial charge in [0.2, 0.25) is 11.5 Å². The molecule has 2 heterocycles. The molecule has 9 nitrogen and oxygen atoms in total. The van der Waals surface area contributed by atoms with Gasteiger partial charge in [0.05, 0.1) is 46.9 Å². The van der Waals surface area contributed by atoms with E-state index in [4.69, 9.17) is 23.4 Å². The zero-order valence-electron chi connectivity index (χ0n) is 18.0. The van der Waals surface area contributed by atoms with Gasteiger partial charge < -0.3 is 33.0 Å². The minimum Gasteiger partial charge on any atom is -0.502 e. The molecule has 0 amide bonds. The number of aromatic hydroxyl groups is 1. The number of carbonyl (C=O) groups is 1. The highest BCUT2D eigenvalue weighted by atomic mass is 16.5. The molecule has 9 heteroatoms. The highest BCUT2D eigenvalue weighted by Crippen LogP contribution is 2.42. The number of methoxy groups -OCH3 is 4. The van der Waals surface area contributed by atoms with Crippen LogP contribution in [0.3, 0.4) is 0 Å². The number of hydrogen-bond donors (Lipinski definition) is 1. The Bertz CT molecular complexity index is 1250. The molecule has 0 atom stereocenters. The van der Waals surface area contributed by atoms with Gasteiger partial charge in [0.25, 0.3) is 0 Å². The molecule has 4 aromatic rings. The summed E-state index contributed by atoms with van der Waals surface area (Å²) in [6.45, 7) is 0.238. The normalized spacial score (nSPS) is 10.9. The Labute approximate surface area is 183 Å². The fourth-order valence-electron chi connectivity index (χ4n) is 3.61. The molecule has 166 valence electrons. The molecule has 0 saturated carbocycles. The maximum Gasteiger partial charge on any atom is 0.203 e. The number of benzene rings is 2. The number of carbonyl (C=O) groups excluding carboxylic acids is 1. The Kier molecular flexibility index (Phi) is 5.63. The van der Waals surface area contributed by atoms with Crippen LogP contribution in [0.25, 0.3) is 11.0 Å². The van der Waals surface area contributed by atoms with E-state index in [-0.39, 0.29) is 29.4 Å². The zero-order chi connectivity index (χ0) is 22.8. The molecule has 0 bridgehead atoms. The van der Waals surface area contributed by atoms with Crippen LogP contribution in [0.5, 0.6) is 28.7 Å². The number of fused-ring (bicyclic) bond motifs is 1. The molecular formula is C23H22N2O7. The third kappa shape index (κ3) is 3.47. The summed E-state index contributed by atoms with van der Waals surface area (Å²) in [5.74, 6) is 1.17. The Hall–Kier alpha value is -4.14. The molecule has 0 aliphatic rings. The summed E-state index contributed by atoms with van der Waals surface area (Å²) in [7, 11) is 5.89. The van der Waals surface area contributed by atoms with Crippen molar-refractivity contribution in [3.63, 3.8) is 0 Å². The van der Waals surface area contributed by atoms with Crippen LogP contribution in [0.2, 0.25) is 0 Å². The van der Waals surface area contributed by atoms with Gasteiger partial charge in [0, 0.05) is 23.3 Å². The van der Waals surface area contributed by atoms with Gasteiger partial charge in [0.15, 0.2) is 28.6 Å². The number of ketones is 1. The van der Waals surface area contributed by atoms with E-state index in [1.165, 1.54) is 28.4 Å². The third-order valence-corrected chi connectivity index (χ3v) is 5.13. The average molecular weight is 438 g/mol. The average Bonchev–Trinajstić information content (AvgIpc) is 3.46. The lowest BCUT2D eigenvalue weighted by atomic mass is 9.99. The number of furan rings is 1. The number of phenolic OH excluding ortho intramolecular Hbond substituents is 1. The highest BCUT2D eigenvalue weighted by Gasteiger charge is 2.27. The molecule has 0 unspecified atom stereocenters. The maximum absolute atomic E-state index is 13.7. The molecule has 0 fully saturated rings. The van der Waals surface area contributed by atoms with Gasteiger partial charge in [-0.2, -0.15) is 0 Å². The van der Waals surface area contributed by atoms with Crippen LogP contribution in [0.1, 0.15) is 21.7 Å². The van der Waals surface area contributed by atoms with E-state index in [1.807, 2.05) is 0 Å². The lowest BCUT2D eigenvalue weighted by Gasteiger charge is -2.14. The molecule has 0 aliphatic carbocycles. The van der Waals surface area contributed by atoms with E-state index in [0.717, 1.165) is 0 Å². The molecule has 0 spiro atoms. The maximum atomic E-state index is 13.7. The van der Waals surface area contributed by atoms with Gasteiger partial charge in [-0.05, 0) is 24.3 Å². The number of nitrogens with zero attached hydrogens (tertiary/aromatic N) is 2.